The van der Waals surface area contributed by atoms with Crippen LogP contribution in [-0.4, -0.2) is 30.4 Å². The van der Waals surface area contributed by atoms with Crippen molar-refractivity contribution >= 4 is 11.6 Å². The summed E-state index contributed by atoms with van der Waals surface area (Å²) in [7, 11) is 0. The molecule has 5 nitrogen and oxygen atoms in total. The Morgan fingerprint density at radius 2 is 2.15 bits per heavy atom. The molecule has 0 bridgehead atoms. The average Bonchev–Trinajstić information content (AvgIpc) is 2.99. The van der Waals surface area contributed by atoms with Crippen molar-refractivity contribution in [3.8, 4) is 0 Å². The van der Waals surface area contributed by atoms with E-state index in [-0.39, 0.29) is 24.6 Å². The van der Waals surface area contributed by atoms with Crippen LogP contribution in [-0.2, 0) is 25.6 Å². The topological polar surface area (TPSA) is 50.1 Å². The molecule has 1 aromatic rings. The van der Waals surface area contributed by atoms with Crippen molar-refractivity contribution in [3.63, 3.8) is 0 Å². The molecule has 0 amide bonds. The zero-order valence-electron chi connectivity index (χ0n) is 11.8. The molecule has 2 aliphatic rings. The van der Waals surface area contributed by atoms with E-state index in [2.05, 4.69) is 6.92 Å². The van der Waals surface area contributed by atoms with E-state index in [0.29, 0.717) is 11.8 Å². The summed E-state index contributed by atoms with van der Waals surface area (Å²) in [5, 5.41) is 0.359. The Morgan fingerprint density at radius 1 is 1.35 bits per heavy atom. The fourth-order valence-corrected chi connectivity index (χ4v) is 2.85. The molecule has 0 aromatic carbocycles. The number of hydrogen-bond acceptors (Lipinski definition) is 5. The summed E-state index contributed by atoms with van der Waals surface area (Å²) in [6, 6.07) is 1.80. The lowest BCUT2D eigenvalue weighted by molar-refractivity contribution is -0.219. The summed E-state index contributed by atoms with van der Waals surface area (Å²) in [4.78, 5) is 0. The number of halogens is 1. The molecule has 112 valence electrons. The maximum atomic E-state index is 5.96. The van der Waals surface area contributed by atoms with Gasteiger partial charge in [-0.1, -0.05) is 6.92 Å². The third kappa shape index (κ3) is 2.61. The molecule has 0 N–H and O–H groups in total. The standard InChI is InChI=1S/C14H19ClO5/c1-4-9-10(17-7-8-5-6-16-12(8)15)11-13(18-9)20-14(2,3)19-11/h5-6,9-11,13H,4,7H2,1-3H3/t9-,10+,11-,13-/m1/s1. The Morgan fingerprint density at radius 3 is 2.80 bits per heavy atom. The Labute approximate surface area is 123 Å². The fraction of sp³-hybridized carbons (Fsp3) is 0.714. The Hall–Kier alpha value is -0.590. The summed E-state index contributed by atoms with van der Waals surface area (Å²) < 4.78 is 28.5. The maximum Gasteiger partial charge on any atom is 0.198 e. The van der Waals surface area contributed by atoms with Crippen LogP contribution in [0.2, 0.25) is 5.22 Å². The summed E-state index contributed by atoms with van der Waals surface area (Å²) in [5.41, 5.74) is 0.822. The third-order valence-corrected chi connectivity index (χ3v) is 3.95. The van der Waals surface area contributed by atoms with E-state index < -0.39 is 5.79 Å². The number of furan rings is 1. The lowest BCUT2D eigenvalue weighted by atomic mass is 10.1. The van der Waals surface area contributed by atoms with E-state index in [1.807, 2.05) is 13.8 Å². The van der Waals surface area contributed by atoms with Gasteiger partial charge in [-0.2, -0.15) is 0 Å². The van der Waals surface area contributed by atoms with Crippen LogP contribution in [0.25, 0.3) is 0 Å². The quantitative estimate of drug-likeness (QED) is 0.855. The van der Waals surface area contributed by atoms with Crippen molar-refractivity contribution < 1.29 is 23.4 Å². The lowest BCUT2D eigenvalue weighted by Gasteiger charge is -2.25. The van der Waals surface area contributed by atoms with Gasteiger partial charge in [0.2, 0.25) is 0 Å². The molecule has 0 aliphatic carbocycles. The van der Waals surface area contributed by atoms with Gasteiger partial charge in [-0.3, -0.25) is 0 Å². The van der Waals surface area contributed by atoms with Crippen LogP contribution in [0, 0.1) is 0 Å². The largest absolute Gasteiger partial charge is 0.453 e. The predicted molar refractivity (Wildman–Crippen MR) is 71.3 cm³/mol. The number of rotatable bonds is 4. The monoisotopic (exact) mass is 302 g/mol. The van der Waals surface area contributed by atoms with Gasteiger partial charge in [0.1, 0.15) is 12.2 Å². The molecule has 0 saturated carbocycles. The van der Waals surface area contributed by atoms with Crippen molar-refractivity contribution in [2.75, 3.05) is 0 Å². The highest BCUT2D eigenvalue weighted by Gasteiger charge is 2.54. The molecule has 2 saturated heterocycles. The van der Waals surface area contributed by atoms with E-state index in [1.54, 1.807) is 12.3 Å². The van der Waals surface area contributed by atoms with Gasteiger partial charge >= 0.3 is 0 Å². The molecule has 0 spiro atoms. The highest BCUT2D eigenvalue weighted by molar-refractivity contribution is 6.29. The molecule has 1 aromatic heterocycles. The van der Waals surface area contributed by atoms with E-state index in [1.165, 1.54) is 0 Å². The molecular weight excluding hydrogens is 284 g/mol. The molecule has 4 atom stereocenters. The third-order valence-electron chi connectivity index (χ3n) is 3.61. The molecule has 6 heteroatoms. The van der Waals surface area contributed by atoms with Crippen molar-refractivity contribution in [3.05, 3.63) is 23.1 Å². The highest BCUT2D eigenvalue weighted by atomic mass is 35.5. The van der Waals surface area contributed by atoms with Crippen molar-refractivity contribution in [1.82, 2.24) is 0 Å². The van der Waals surface area contributed by atoms with Gasteiger partial charge < -0.3 is 23.4 Å². The van der Waals surface area contributed by atoms with Gasteiger partial charge in [0, 0.05) is 5.56 Å². The van der Waals surface area contributed by atoms with Gasteiger partial charge in [-0.25, -0.2) is 0 Å². The fourth-order valence-electron chi connectivity index (χ4n) is 2.68. The molecule has 2 aliphatic heterocycles. The van der Waals surface area contributed by atoms with Gasteiger partial charge in [-0.15, -0.1) is 0 Å². The minimum Gasteiger partial charge on any atom is -0.453 e. The summed E-state index contributed by atoms with van der Waals surface area (Å²) in [6.45, 7) is 6.17. The minimum absolute atomic E-state index is 0.0354. The molecule has 3 heterocycles. The van der Waals surface area contributed by atoms with Crippen LogP contribution < -0.4 is 0 Å². The Balaban J connectivity index is 1.68. The zero-order chi connectivity index (χ0) is 14.3. The number of ether oxygens (including phenoxy) is 4. The van der Waals surface area contributed by atoms with Crippen molar-refractivity contribution in [2.24, 2.45) is 0 Å². The van der Waals surface area contributed by atoms with Crippen molar-refractivity contribution in [1.29, 1.82) is 0 Å². The van der Waals surface area contributed by atoms with Gasteiger partial charge in [-0.05, 0) is 37.9 Å². The van der Waals surface area contributed by atoms with Gasteiger partial charge in [0.05, 0.1) is 19.0 Å². The molecule has 0 radical (unpaired) electrons. The lowest BCUT2D eigenvalue weighted by Crippen LogP contribution is -2.36. The predicted octanol–water partition coefficient (Wildman–Crippen LogP) is 3.10. The molecule has 2 fully saturated rings. The van der Waals surface area contributed by atoms with Crippen LogP contribution in [0.3, 0.4) is 0 Å². The average molecular weight is 303 g/mol. The van der Waals surface area contributed by atoms with E-state index in [4.69, 9.17) is 35.0 Å². The second kappa shape index (κ2) is 5.31. The summed E-state index contributed by atoms with van der Waals surface area (Å²) in [5.74, 6) is -0.636. The first-order valence-corrected chi connectivity index (χ1v) is 7.22. The number of hydrogen-bond donors (Lipinski definition) is 0. The smallest absolute Gasteiger partial charge is 0.198 e. The highest BCUT2D eigenvalue weighted by Crippen LogP contribution is 2.39. The van der Waals surface area contributed by atoms with Crippen LogP contribution in [0.4, 0.5) is 0 Å². The SMILES string of the molecule is CC[C@H]1O[C@@H]2OC(C)(C)O[C@@H]2[C@H]1OCc1ccoc1Cl. The molecule has 0 unspecified atom stereocenters. The second-order valence-corrected chi connectivity index (χ2v) is 5.89. The van der Waals surface area contributed by atoms with Crippen LogP contribution >= 0.6 is 11.6 Å². The van der Waals surface area contributed by atoms with Crippen molar-refractivity contribution in [2.45, 2.75) is 64.2 Å². The summed E-state index contributed by atoms with van der Waals surface area (Å²) >= 11 is 5.92. The van der Waals surface area contributed by atoms with E-state index in [0.717, 1.165) is 12.0 Å². The first-order valence-electron chi connectivity index (χ1n) is 6.85. The van der Waals surface area contributed by atoms with Crippen LogP contribution in [0.1, 0.15) is 32.8 Å². The number of fused-ring (bicyclic) bond motifs is 1. The van der Waals surface area contributed by atoms with Gasteiger partial charge in [0.25, 0.3) is 0 Å². The Kier molecular flexibility index (Phi) is 3.81. The van der Waals surface area contributed by atoms with E-state index >= 15 is 0 Å². The first-order chi connectivity index (χ1) is 9.50. The van der Waals surface area contributed by atoms with Crippen LogP contribution in [0.5, 0.6) is 0 Å². The summed E-state index contributed by atoms with van der Waals surface area (Å²) in [6.07, 6.45) is 1.61. The normalized spacial score (nSPS) is 35.4. The molecule has 3 rings (SSSR count). The van der Waals surface area contributed by atoms with Crippen LogP contribution in [0.15, 0.2) is 16.7 Å². The minimum atomic E-state index is -0.636. The maximum absolute atomic E-state index is 5.96. The van der Waals surface area contributed by atoms with E-state index in [9.17, 15) is 0 Å². The van der Waals surface area contributed by atoms with Gasteiger partial charge in [0.15, 0.2) is 17.3 Å². The molecule has 20 heavy (non-hydrogen) atoms. The first kappa shape index (κ1) is 14.4. The Bertz CT molecular complexity index is 472. The zero-order valence-corrected chi connectivity index (χ0v) is 12.6. The second-order valence-electron chi connectivity index (χ2n) is 5.55. The molecular formula is C14H19ClO5.